The molecular weight excluding hydrogens is 216 g/mol. The molecule has 3 nitrogen and oxygen atoms in total. The lowest BCUT2D eigenvalue weighted by Crippen LogP contribution is -2.01. The molecule has 1 aromatic rings. The molecule has 0 N–H and O–H groups in total. The van der Waals surface area contributed by atoms with E-state index in [9.17, 15) is 4.79 Å². The summed E-state index contributed by atoms with van der Waals surface area (Å²) in [5.41, 5.74) is 0.976. The Morgan fingerprint density at radius 1 is 1.29 bits per heavy atom. The zero-order chi connectivity index (χ0) is 12.7. The molecule has 0 heterocycles. The third kappa shape index (κ3) is 4.83. The minimum atomic E-state index is 0.0376. The Labute approximate surface area is 102 Å². The van der Waals surface area contributed by atoms with Crippen molar-refractivity contribution in [1.29, 1.82) is 0 Å². The SMILES string of the molecule is COCOc1ccc(C=CC(=O)C(C)C)cc1. The molecular formula is C14H18O3. The van der Waals surface area contributed by atoms with Crippen LogP contribution in [-0.2, 0) is 9.53 Å². The molecule has 0 unspecified atom stereocenters. The van der Waals surface area contributed by atoms with E-state index in [0.717, 1.165) is 11.3 Å². The maximum absolute atomic E-state index is 11.4. The van der Waals surface area contributed by atoms with Crippen molar-refractivity contribution in [2.24, 2.45) is 5.92 Å². The molecule has 3 heteroatoms. The Bertz CT molecular complexity index is 377. The van der Waals surface area contributed by atoms with Crippen molar-refractivity contribution < 1.29 is 14.3 Å². The molecule has 0 spiro atoms. The second-order valence-corrected chi connectivity index (χ2v) is 4.01. The van der Waals surface area contributed by atoms with E-state index in [2.05, 4.69) is 0 Å². The second-order valence-electron chi connectivity index (χ2n) is 4.01. The number of ether oxygens (including phenoxy) is 2. The van der Waals surface area contributed by atoms with Crippen molar-refractivity contribution in [3.05, 3.63) is 35.9 Å². The molecule has 0 fully saturated rings. The van der Waals surface area contributed by atoms with Crippen LogP contribution in [0.1, 0.15) is 19.4 Å². The smallest absolute Gasteiger partial charge is 0.188 e. The average molecular weight is 234 g/mol. The topological polar surface area (TPSA) is 35.5 Å². The molecule has 0 radical (unpaired) electrons. The van der Waals surface area contributed by atoms with E-state index >= 15 is 0 Å². The summed E-state index contributed by atoms with van der Waals surface area (Å²) in [7, 11) is 1.58. The minimum absolute atomic E-state index is 0.0376. The van der Waals surface area contributed by atoms with Gasteiger partial charge in [-0.1, -0.05) is 32.1 Å². The Kier molecular flexibility index (Phi) is 5.43. The Balaban J connectivity index is 2.59. The summed E-state index contributed by atoms with van der Waals surface area (Å²) < 4.78 is 10.1. The summed E-state index contributed by atoms with van der Waals surface area (Å²) in [5.74, 6) is 0.916. The van der Waals surface area contributed by atoms with Gasteiger partial charge in [0.2, 0.25) is 0 Å². The van der Waals surface area contributed by atoms with E-state index in [1.165, 1.54) is 0 Å². The van der Waals surface area contributed by atoms with Crippen molar-refractivity contribution in [1.82, 2.24) is 0 Å². The number of hydrogen-bond donors (Lipinski definition) is 0. The number of rotatable bonds is 6. The highest BCUT2D eigenvalue weighted by atomic mass is 16.7. The second kappa shape index (κ2) is 6.86. The van der Waals surface area contributed by atoms with E-state index in [0.29, 0.717) is 0 Å². The number of carbonyl (C=O) groups excluding carboxylic acids is 1. The highest BCUT2D eigenvalue weighted by molar-refractivity contribution is 5.94. The fourth-order valence-electron chi connectivity index (χ4n) is 1.17. The van der Waals surface area contributed by atoms with Gasteiger partial charge in [0, 0.05) is 13.0 Å². The van der Waals surface area contributed by atoms with Gasteiger partial charge in [0.1, 0.15) is 5.75 Å². The maximum atomic E-state index is 11.4. The monoisotopic (exact) mass is 234 g/mol. The fraction of sp³-hybridized carbons (Fsp3) is 0.357. The Morgan fingerprint density at radius 3 is 2.47 bits per heavy atom. The average Bonchev–Trinajstić information content (AvgIpc) is 2.34. The number of ketones is 1. The number of benzene rings is 1. The Morgan fingerprint density at radius 2 is 1.94 bits per heavy atom. The number of carbonyl (C=O) groups is 1. The summed E-state index contributed by atoms with van der Waals surface area (Å²) in [4.78, 5) is 11.4. The minimum Gasteiger partial charge on any atom is -0.468 e. The summed E-state index contributed by atoms with van der Waals surface area (Å²) in [5, 5.41) is 0. The van der Waals surface area contributed by atoms with Crippen LogP contribution in [0.2, 0.25) is 0 Å². The van der Waals surface area contributed by atoms with Gasteiger partial charge < -0.3 is 9.47 Å². The summed E-state index contributed by atoms with van der Waals surface area (Å²) in [6.07, 6.45) is 3.41. The van der Waals surface area contributed by atoms with Gasteiger partial charge in [-0.15, -0.1) is 0 Å². The molecule has 0 aliphatic rings. The highest BCUT2D eigenvalue weighted by Crippen LogP contribution is 2.13. The van der Waals surface area contributed by atoms with Crippen LogP contribution in [0.5, 0.6) is 5.75 Å². The maximum Gasteiger partial charge on any atom is 0.188 e. The first-order valence-electron chi connectivity index (χ1n) is 5.57. The molecule has 0 saturated heterocycles. The van der Waals surface area contributed by atoms with Crippen LogP contribution in [0.15, 0.2) is 30.3 Å². The number of allylic oxidation sites excluding steroid dienone is 1. The van der Waals surface area contributed by atoms with E-state index in [-0.39, 0.29) is 18.5 Å². The quantitative estimate of drug-likeness (QED) is 0.561. The first-order chi connectivity index (χ1) is 8.13. The van der Waals surface area contributed by atoms with Crippen LogP contribution in [0, 0.1) is 5.92 Å². The predicted molar refractivity (Wildman–Crippen MR) is 67.8 cm³/mol. The molecule has 1 aromatic carbocycles. The van der Waals surface area contributed by atoms with Crippen molar-refractivity contribution in [3.8, 4) is 5.75 Å². The molecule has 1 rings (SSSR count). The molecule has 0 saturated carbocycles. The Hall–Kier alpha value is -1.61. The third-order valence-electron chi connectivity index (χ3n) is 2.23. The van der Waals surface area contributed by atoms with Crippen LogP contribution in [0.3, 0.4) is 0 Å². The molecule has 0 amide bonds. The van der Waals surface area contributed by atoms with Crippen LogP contribution in [0.4, 0.5) is 0 Å². The molecule has 92 valence electrons. The van der Waals surface area contributed by atoms with Gasteiger partial charge in [0.05, 0.1) is 0 Å². The highest BCUT2D eigenvalue weighted by Gasteiger charge is 2.01. The van der Waals surface area contributed by atoms with Gasteiger partial charge >= 0.3 is 0 Å². The lowest BCUT2D eigenvalue weighted by atomic mass is 10.1. The lowest BCUT2D eigenvalue weighted by Gasteiger charge is -2.04. The third-order valence-corrected chi connectivity index (χ3v) is 2.23. The molecule has 0 aromatic heterocycles. The van der Waals surface area contributed by atoms with Crippen molar-refractivity contribution in [2.45, 2.75) is 13.8 Å². The van der Waals surface area contributed by atoms with Gasteiger partial charge in [-0.3, -0.25) is 4.79 Å². The van der Waals surface area contributed by atoms with Crippen LogP contribution in [-0.4, -0.2) is 19.7 Å². The first-order valence-corrected chi connectivity index (χ1v) is 5.57. The predicted octanol–water partition coefficient (Wildman–Crippen LogP) is 2.91. The summed E-state index contributed by atoms with van der Waals surface area (Å²) in [6.45, 7) is 4.00. The van der Waals surface area contributed by atoms with Crippen molar-refractivity contribution >= 4 is 11.9 Å². The fourth-order valence-corrected chi connectivity index (χ4v) is 1.17. The van der Waals surface area contributed by atoms with Gasteiger partial charge in [-0.25, -0.2) is 0 Å². The standard InChI is InChI=1S/C14H18O3/c1-11(2)14(15)9-6-12-4-7-13(8-5-12)17-10-16-3/h4-9,11H,10H2,1-3H3. The molecule has 0 aliphatic carbocycles. The van der Waals surface area contributed by atoms with Gasteiger partial charge in [0.25, 0.3) is 0 Å². The molecule has 0 atom stereocenters. The van der Waals surface area contributed by atoms with Crippen LogP contribution >= 0.6 is 0 Å². The van der Waals surface area contributed by atoms with E-state index in [1.807, 2.05) is 44.2 Å². The zero-order valence-electron chi connectivity index (χ0n) is 10.5. The largest absolute Gasteiger partial charge is 0.468 e. The summed E-state index contributed by atoms with van der Waals surface area (Å²) >= 11 is 0. The van der Waals surface area contributed by atoms with Crippen LogP contribution < -0.4 is 4.74 Å². The van der Waals surface area contributed by atoms with E-state index in [1.54, 1.807) is 13.2 Å². The van der Waals surface area contributed by atoms with Crippen molar-refractivity contribution in [3.63, 3.8) is 0 Å². The number of methoxy groups -OCH3 is 1. The molecule has 17 heavy (non-hydrogen) atoms. The van der Waals surface area contributed by atoms with Gasteiger partial charge in [-0.05, 0) is 23.8 Å². The van der Waals surface area contributed by atoms with Crippen LogP contribution in [0.25, 0.3) is 6.08 Å². The molecule has 0 bridgehead atoms. The number of hydrogen-bond acceptors (Lipinski definition) is 3. The van der Waals surface area contributed by atoms with Gasteiger partial charge in [-0.2, -0.15) is 0 Å². The normalized spacial score (nSPS) is 11.1. The van der Waals surface area contributed by atoms with E-state index in [4.69, 9.17) is 9.47 Å². The van der Waals surface area contributed by atoms with Gasteiger partial charge in [0.15, 0.2) is 12.6 Å². The van der Waals surface area contributed by atoms with E-state index < -0.39 is 0 Å². The first kappa shape index (κ1) is 13.5. The zero-order valence-corrected chi connectivity index (χ0v) is 10.5. The molecule has 0 aliphatic heterocycles. The summed E-state index contributed by atoms with van der Waals surface area (Å²) in [6, 6.07) is 7.49. The van der Waals surface area contributed by atoms with Crippen molar-refractivity contribution in [2.75, 3.05) is 13.9 Å². The lowest BCUT2D eigenvalue weighted by molar-refractivity contribution is -0.117.